The van der Waals surface area contributed by atoms with Gasteiger partial charge in [-0.15, -0.1) is 0 Å². The highest BCUT2D eigenvalue weighted by atomic mass is 79.9. The van der Waals surface area contributed by atoms with Crippen LogP contribution in [0, 0.1) is 0 Å². The van der Waals surface area contributed by atoms with Crippen molar-refractivity contribution in [2.24, 2.45) is 0 Å². The molecule has 1 aromatic rings. The molecule has 0 heterocycles. The first-order valence-corrected chi connectivity index (χ1v) is 6.38. The van der Waals surface area contributed by atoms with Crippen LogP contribution in [0.1, 0.15) is 23.7 Å². The van der Waals surface area contributed by atoms with E-state index < -0.39 is 0 Å². The minimum absolute atomic E-state index is 0.0221. The molecule has 0 saturated carbocycles. The highest BCUT2D eigenvalue weighted by Gasteiger charge is 2.08. The second kappa shape index (κ2) is 6.77. The SMILES string of the molecule is CC(=O)c1cc(Br)ccc1OCCCN(C)C. The summed E-state index contributed by atoms with van der Waals surface area (Å²) in [5.74, 6) is 0.688. The molecule has 17 heavy (non-hydrogen) atoms. The molecule has 0 fully saturated rings. The van der Waals surface area contributed by atoms with E-state index in [9.17, 15) is 4.79 Å². The van der Waals surface area contributed by atoms with E-state index in [1.165, 1.54) is 0 Å². The molecule has 3 nitrogen and oxygen atoms in total. The fourth-order valence-electron chi connectivity index (χ4n) is 1.47. The lowest BCUT2D eigenvalue weighted by atomic mass is 10.1. The molecule has 0 aliphatic carbocycles. The Balaban J connectivity index is 2.61. The van der Waals surface area contributed by atoms with Gasteiger partial charge >= 0.3 is 0 Å². The lowest BCUT2D eigenvalue weighted by molar-refractivity contribution is 0.101. The van der Waals surface area contributed by atoms with E-state index in [-0.39, 0.29) is 5.78 Å². The molecule has 0 spiro atoms. The third kappa shape index (κ3) is 4.88. The zero-order chi connectivity index (χ0) is 12.8. The second-order valence-corrected chi connectivity index (χ2v) is 5.12. The quantitative estimate of drug-likeness (QED) is 0.597. The lowest BCUT2D eigenvalue weighted by Crippen LogP contribution is -2.16. The van der Waals surface area contributed by atoms with Crippen molar-refractivity contribution in [1.29, 1.82) is 0 Å². The number of hydrogen-bond acceptors (Lipinski definition) is 3. The average Bonchev–Trinajstić information content (AvgIpc) is 2.25. The van der Waals surface area contributed by atoms with E-state index in [4.69, 9.17) is 4.74 Å². The van der Waals surface area contributed by atoms with Gasteiger partial charge in [-0.05, 0) is 45.6 Å². The van der Waals surface area contributed by atoms with Crippen LogP contribution in [0.4, 0.5) is 0 Å². The number of hydrogen-bond donors (Lipinski definition) is 0. The van der Waals surface area contributed by atoms with Gasteiger partial charge in [-0.2, -0.15) is 0 Å². The molecule has 0 N–H and O–H groups in total. The molecule has 0 atom stereocenters. The van der Waals surface area contributed by atoms with E-state index in [0.717, 1.165) is 17.4 Å². The van der Waals surface area contributed by atoms with E-state index in [1.54, 1.807) is 13.0 Å². The van der Waals surface area contributed by atoms with Gasteiger partial charge in [-0.1, -0.05) is 15.9 Å². The maximum Gasteiger partial charge on any atom is 0.163 e. The van der Waals surface area contributed by atoms with Crippen LogP contribution < -0.4 is 4.74 Å². The van der Waals surface area contributed by atoms with Gasteiger partial charge in [0.1, 0.15) is 5.75 Å². The predicted molar refractivity (Wildman–Crippen MR) is 72.8 cm³/mol. The molecule has 94 valence electrons. The largest absolute Gasteiger partial charge is 0.493 e. The number of Topliss-reactive ketones (excluding diaryl/α,β-unsaturated/α-hetero) is 1. The minimum Gasteiger partial charge on any atom is -0.493 e. The zero-order valence-corrected chi connectivity index (χ0v) is 12.1. The van der Waals surface area contributed by atoms with Crippen LogP contribution in [0.25, 0.3) is 0 Å². The number of ketones is 1. The molecule has 0 unspecified atom stereocenters. The fourth-order valence-corrected chi connectivity index (χ4v) is 1.83. The van der Waals surface area contributed by atoms with Crippen LogP contribution in [-0.4, -0.2) is 37.9 Å². The standard InChI is InChI=1S/C13H18BrNO2/c1-10(16)12-9-11(14)5-6-13(12)17-8-4-7-15(2)3/h5-6,9H,4,7-8H2,1-3H3. The van der Waals surface area contributed by atoms with Crippen molar-refractivity contribution < 1.29 is 9.53 Å². The number of halogens is 1. The Labute approximate surface area is 111 Å². The third-order valence-corrected chi connectivity index (χ3v) is 2.82. The van der Waals surface area contributed by atoms with Crippen LogP contribution >= 0.6 is 15.9 Å². The Morgan fingerprint density at radius 2 is 2.12 bits per heavy atom. The molecular formula is C13H18BrNO2. The first-order chi connectivity index (χ1) is 8.00. The molecule has 0 saturated heterocycles. The summed E-state index contributed by atoms with van der Waals surface area (Å²) < 4.78 is 6.53. The Kier molecular flexibility index (Phi) is 5.65. The highest BCUT2D eigenvalue weighted by Crippen LogP contribution is 2.23. The van der Waals surface area contributed by atoms with E-state index in [0.29, 0.717) is 17.9 Å². The number of ether oxygens (including phenoxy) is 1. The summed E-state index contributed by atoms with van der Waals surface area (Å²) in [5, 5.41) is 0. The first-order valence-electron chi connectivity index (χ1n) is 5.58. The molecule has 0 radical (unpaired) electrons. The average molecular weight is 300 g/mol. The van der Waals surface area contributed by atoms with E-state index in [2.05, 4.69) is 20.8 Å². The molecule has 0 aliphatic heterocycles. The molecule has 4 heteroatoms. The highest BCUT2D eigenvalue weighted by molar-refractivity contribution is 9.10. The number of rotatable bonds is 6. The van der Waals surface area contributed by atoms with Crippen molar-refractivity contribution in [3.63, 3.8) is 0 Å². The molecular weight excluding hydrogens is 282 g/mol. The number of benzene rings is 1. The Hall–Kier alpha value is -0.870. The number of nitrogens with zero attached hydrogens (tertiary/aromatic N) is 1. The van der Waals surface area contributed by atoms with Gasteiger partial charge in [0.2, 0.25) is 0 Å². The summed E-state index contributed by atoms with van der Waals surface area (Å²) in [5.41, 5.74) is 0.629. The maximum atomic E-state index is 11.5. The Morgan fingerprint density at radius 1 is 1.41 bits per heavy atom. The maximum absolute atomic E-state index is 11.5. The summed E-state index contributed by atoms with van der Waals surface area (Å²) in [6.45, 7) is 3.15. The van der Waals surface area contributed by atoms with Gasteiger partial charge in [-0.25, -0.2) is 0 Å². The predicted octanol–water partition coefficient (Wildman–Crippen LogP) is 2.98. The normalized spacial score (nSPS) is 10.6. The second-order valence-electron chi connectivity index (χ2n) is 4.20. The number of carbonyl (C=O) groups excluding carboxylic acids is 1. The van der Waals surface area contributed by atoms with E-state index >= 15 is 0 Å². The van der Waals surface area contributed by atoms with Crippen LogP contribution in [0.3, 0.4) is 0 Å². The van der Waals surface area contributed by atoms with Crippen LogP contribution in [0.15, 0.2) is 22.7 Å². The van der Waals surface area contributed by atoms with Crippen LogP contribution in [0.5, 0.6) is 5.75 Å². The third-order valence-electron chi connectivity index (χ3n) is 2.33. The molecule has 1 aromatic carbocycles. The fraction of sp³-hybridized carbons (Fsp3) is 0.462. The van der Waals surface area contributed by atoms with Crippen molar-refractivity contribution in [1.82, 2.24) is 4.90 Å². The minimum atomic E-state index is 0.0221. The summed E-state index contributed by atoms with van der Waals surface area (Å²) in [4.78, 5) is 13.6. The van der Waals surface area contributed by atoms with E-state index in [1.807, 2.05) is 26.2 Å². The Bertz CT molecular complexity index is 391. The van der Waals surface area contributed by atoms with Gasteiger partial charge in [0.05, 0.1) is 12.2 Å². The van der Waals surface area contributed by atoms with Gasteiger partial charge in [0.15, 0.2) is 5.78 Å². The lowest BCUT2D eigenvalue weighted by Gasteiger charge is -2.12. The van der Waals surface area contributed by atoms with Crippen molar-refractivity contribution in [2.45, 2.75) is 13.3 Å². The van der Waals surface area contributed by atoms with Gasteiger partial charge in [-0.3, -0.25) is 4.79 Å². The molecule has 0 aliphatic rings. The first kappa shape index (κ1) is 14.2. The van der Waals surface area contributed by atoms with Gasteiger partial charge in [0.25, 0.3) is 0 Å². The van der Waals surface area contributed by atoms with Crippen molar-refractivity contribution in [3.8, 4) is 5.75 Å². The van der Waals surface area contributed by atoms with Crippen LogP contribution in [0.2, 0.25) is 0 Å². The summed E-state index contributed by atoms with van der Waals surface area (Å²) in [6, 6.07) is 5.51. The smallest absolute Gasteiger partial charge is 0.163 e. The van der Waals surface area contributed by atoms with Crippen molar-refractivity contribution in [3.05, 3.63) is 28.2 Å². The topological polar surface area (TPSA) is 29.5 Å². The van der Waals surface area contributed by atoms with Crippen molar-refractivity contribution >= 4 is 21.7 Å². The molecule has 0 aromatic heterocycles. The summed E-state index contributed by atoms with van der Waals surface area (Å²) >= 11 is 3.35. The van der Waals surface area contributed by atoms with Gasteiger partial charge < -0.3 is 9.64 Å². The summed E-state index contributed by atoms with van der Waals surface area (Å²) in [7, 11) is 4.06. The molecule has 0 amide bonds. The van der Waals surface area contributed by atoms with Gasteiger partial charge in [0, 0.05) is 11.0 Å². The molecule has 1 rings (SSSR count). The zero-order valence-electron chi connectivity index (χ0n) is 10.5. The van der Waals surface area contributed by atoms with Crippen LogP contribution in [-0.2, 0) is 0 Å². The Morgan fingerprint density at radius 3 is 2.71 bits per heavy atom. The monoisotopic (exact) mass is 299 g/mol. The summed E-state index contributed by atoms with van der Waals surface area (Å²) in [6.07, 6.45) is 0.945. The number of carbonyl (C=O) groups is 1. The van der Waals surface area contributed by atoms with Crippen molar-refractivity contribution in [2.75, 3.05) is 27.2 Å². The molecule has 0 bridgehead atoms.